The Kier molecular flexibility index (Phi) is 3.69. The van der Waals surface area contributed by atoms with Gasteiger partial charge in [-0.2, -0.15) is 0 Å². The number of rotatable bonds is 2. The third-order valence-corrected chi connectivity index (χ3v) is 3.90. The number of hydrogen-bond acceptors (Lipinski definition) is 3. The number of hydrogen-bond donors (Lipinski definition) is 2. The molecule has 2 aromatic heterocycles. The van der Waals surface area contributed by atoms with Crippen LogP contribution in [0.4, 0.5) is 0 Å². The first-order valence-corrected chi connectivity index (χ1v) is 7.10. The predicted octanol–water partition coefficient (Wildman–Crippen LogP) is 1.17. The van der Waals surface area contributed by atoms with Gasteiger partial charge < -0.3 is 15.2 Å². The summed E-state index contributed by atoms with van der Waals surface area (Å²) in [5.74, 6) is 0.609. The van der Waals surface area contributed by atoms with Crippen LogP contribution in [0.15, 0.2) is 24.5 Å². The Labute approximate surface area is 118 Å². The molecule has 0 aromatic carbocycles. The number of fused-ring (bicyclic) bond motifs is 1. The molecule has 5 heteroatoms. The molecule has 0 saturated carbocycles. The number of carbonyl (C=O) groups excluding carboxylic acids is 1. The maximum atomic E-state index is 11.6. The van der Waals surface area contributed by atoms with E-state index in [9.17, 15) is 4.79 Å². The number of carbonyl (C=O) groups is 1. The fraction of sp³-hybridized carbons (Fsp3) is 0.467. The van der Waals surface area contributed by atoms with Crippen LogP contribution in [-0.4, -0.2) is 47.0 Å². The molecular formula is C15H20N4O. The van der Waals surface area contributed by atoms with E-state index in [-0.39, 0.29) is 5.91 Å². The van der Waals surface area contributed by atoms with Gasteiger partial charge in [-0.1, -0.05) is 0 Å². The van der Waals surface area contributed by atoms with Gasteiger partial charge in [-0.25, -0.2) is 4.98 Å². The van der Waals surface area contributed by atoms with Crippen LogP contribution in [0, 0.1) is 5.92 Å². The van der Waals surface area contributed by atoms with Crippen LogP contribution < -0.4 is 5.32 Å². The summed E-state index contributed by atoms with van der Waals surface area (Å²) in [6, 6.07) is 4.22. The molecule has 2 aromatic rings. The zero-order valence-electron chi connectivity index (χ0n) is 11.7. The van der Waals surface area contributed by atoms with Gasteiger partial charge in [0.15, 0.2) is 0 Å². The molecule has 3 heterocycles. The maximum absolute atomic E-state index is 11.6. The van der Waals surface area contributed by atoms with Crippen LogP contribution in [0.5, 0.6) is 0 Å². The first-order chi connectivity index (χ1) is 9.72. The van der Waals surface area contributed by atoms with E-state index < -0.39 is 0 Å². The molecule has 5 nitrogen and oxygen atoms in total. The summed E-state index contributed by atoms with van der Waals surface area (Å²) in [6.07, 6.45) is 4.79. The number of amides is 1. The van der Waals surface area contributed by atoms with Gasteiger partial charge in [0.05, 0.1) is 0 Å². The third kappa shape index (κ3) is 2.82. The lowest BCUT2D eigenvalue weighted by Crippen LogP contribution is -2.34. The van der Waals surface area contributed by atoms with Gasteiger partial charge in [0.25, 0.3) is 0 Å². The summed E-state index contributed by atoms with van der Waals surface area (Å²) >= 11 is 0. The van der Waals surface area contributed by atoms with Crippen LogP contribution >= 0.6 is 0 Å². The topological polar surface area (TPSA) is 61.0 Å². The second-order valence-electron chi connectivity index (χ2n) is 5.50. The van der Waals surface area contributed by atoms with E-state index in [1.165, 1.54) is 5.56 Å². The van der Waals surface area contributed by atoms with E-state index in [4.69, 9.17) is 0 Å². The molecule has 0 bridgehead atoms. The highest BCUT2D eigenvalue weighted by Gasteiger charge is 2.20. The zero-order chi connectivity index (χ0) is 13.9. The highest BCUT2D eigenvalue weighted by Crippen LogP contribution is 2.16. The fourth-order valence-electron chi connectivity index (χ4n) is 2.84. The monoisotopic (exact) mass is 272 g/mol. The Morgan fingerprint density at radius 1 is 1.55 bits per heavy atom. The lowest BCUT2D eigenvalue weighted by molar-refractivity contribution is -0.129. The van der Waals surface area contributed by atoms with Crippen molar-refractivity contribution < 1.29 is 4.79 Å². The molecule has 1 aliphatic rings. The van der Waals surface area contributed by atoms with E-state index >= 15 is 0 Å². The molecule has 3 rings (SSSR count). The molecule has 0 spiro atoms. The summed E-state index contributed by atoms with van der Waals surface area (Å²) < 4.78 is 0. The van der Waals surface area contributed by atoms with E-state index in [0.29, 0.717) is 5.92 Å². The number of nitrogens with zero attached hydrogens (tertiary/aromatic N) is 2. The molecule has 106 valence electrons. The largest absolute Gasteiger partial charge is 0.346 e. The van der Waals surface area contributed by atoms with E-state index in [0.717, 1.165) is 43.6 Å². The maximum Gasteiger partial charge on any atom is 0.219 e. The number of aromatic nitrogens is 2. The molecular weight excluding hydrogens is 252 g/mol. The second-order valence-corrected chi connectivity index (χ2v) is 5.50. The predicted molar refractivity (Wildman–Crippen MR) is 78.4 cm³/mol. The third-order valence-electron chi connectivity index (χ3n) is 3.90. The normalized spacial score (nSPS) is 20.1. The Morgan fingerprint density at radius 2 is 2.45 bits per heavy atom. The molecule has 1 aliphatic heterocycles. The molecule has 1 fully saturated rings. The quantitative estimate of drug-likeness (QED) is 0.863. The Hall–Kier alpha value is -1.88. The van der Waals surface area contributed by atoms with Crippen LogP contribution in [0.3, 0.4) is 0 Å². The molecule has 1 amide bonds. The van der Waals surface area contributed by atoms with Gasteiger partial charge in [-0.05, 0) is 30.0 Å². The molecule has 0 aliphatic carbocycles. The molecule has 0 radical (unpaired) electrons. The van der Waals surface area contributed by atoms with Crippen LogP contribution in [-0.2, 0) is 11.2 Å². The summed E-state index contributed by atoms with van der Waals surface area (Å²) in [5, 5.41) is 4.56. The summed E-state index contributed by atoms with van der Waals surface area (Å²) in [5.41, 5.74) is 2.16. The summed E-state index contributed by atoms with van der Waals surface area (Å²) in [7, 11) is 0. The van der Waals surface area contributed by atoms with Crippen molar-refractivity contribution >= 4 is 16.9 Å². The smallest absolute Gasteiger partial charge is 0.219 e. The lowest BCUT2D eigenvalue weighted by atomic mass is 9.99. The van der Waals surface area contributed by atoms with E-state index in [1.54, 1.807) is 6.92 Å². The number of pyridine rings is 1. The highest BCUT2D eigenvalue weighted by atomic mass is 16.2. The van der Waals surface area contributed by atoms with Gasteiger partial charge in [0.1, 0.15) is 5.65 Å². The molecule has 0 unspecified atom stereocenters. The van der Waals surface area contributed by atoms with Crippen LogP contribution in [0.25, 0.3) is 11.0 Å². The van der Waals surface area contributed by atoms with Crippen molar-refractivity contribution in [3.05, 3.63) is 30.1 Å². The van der Waals surface area contributed by atoms with Crippen molar-refractivity contribution in [2.75, 3.05) is 26.2 Å². The highest BCUT2D eigenvalue weighted by molar-refractivity contribution is 5.75. The lowest BCUT2D eigenvalue weighted by Gasteiger charge is -2.22. The van der Waals surface area contributed by atoms with Gasteiger partial charge in [-0.3, -0.25) is 4.79 Å². The van der Waals surface area contributed by atoms with Gasteiger partial charge in [0.2, 0.25) is 5.91 Å². The standard InChI is InChI=1S/C15H20N4O/c1-11(20)19-5-4-16-8-13(10-19)6-12-7-14-2-3-17-15(14)18-9-12/h2-3,7,9,13,16H,4-6,8,10H2,1H3,(H,17,18)/t13-/m1/s1. The summed E-state index contributed by atoms with van der Waals surface area (Å²) in [4.78, 5) is 21.0. The number of H-pyrrole nitrogens is 1. The first-order valence-electron chi connectivity index (χ1n) is 7.10. The Balaban J connectivity index is 1.73. The average Bonchev–Trinajstić information content (AvgIpc) is 2.76. The van der Waals surface area contributed by atoms with Gasteiger partial charge in [-0.15, -0.1) is 0 Å². The minimum atomic E-state index is 0.165. The average molecular weight is 272 g/mol. The van der Waals surface area contributed by atoms with Crippen LogP contribution in [0.1, 0.15) is 12.5 Å². The van der Waals surface area contributed by atoms with Crippen LogP contribution in [0.2, 0.25) is 0 Å². The molecule has 20 heavy (non-hydrogen) atoms. The minimum absolute atomic E-state index is 0.165. The SMILES string of the molecule is CC(=O)N1CCNC[C@@H](Cc2cnc3[nH]ccc3c2)C1. The zero-order valence-corrected chi connectivity index (χ0v) is 11.7. The van der Waals surface area contributed by atoms with Crippen molar-refractivity contribution in [2.45, 2.75) is 13.3 Å². The van der Waals surface area contributed by atoms with Crippen molar-refractivity contribution in [2.24, 2.45) is 5.92 Å². The van der Waals surface area contributed by atoms with E-state index in [1.807, 2.05) is 23.4 Å². The Bertz CT molecular complexity index is 607. The Morgan fingerprint density at radius 3 is 3.30 bits per heavy atom. The van der Waals surface area contributed by atoms with Gasteiger partial charge >= 0.3 is 0 Å². The number of nitrogens with one attached hydrogen (secondary N) is 2. The second kappa shape index (κ2) is 5.63. The van der Waals surface area contributed by atoms with Gasteiger partial charge in [0, 0.05) is 50.9 Å². The van der Waals surface area contributed by atoms with Crippen molar-refractivity contribution in [1.29, 1.82) is 0 Å². The van der Waals surface area contributed by atoms with Crippen molar-refractivity contribution in [3.8, 4) is 0 Å². The first kappa shape index (κ1) is 13.1. The van der Waals surface area contributed by atoms with Crippen molar-refractivity contribution in [1.82, 2.24) is 20.2 Å². The minimum Gasteiger partial charge on any atom is -0.346 e. The molecule has 2 N–H and O–H groups in total. The van der Waals surface area contributed by atoms with E-state index in [2.05, 4.69) is 21.4 Å². The molecule has 1 atom stereocenters. The summed E-state index contributed by atoms with van der Waals surface area (Å²) in [6.45, 7) is 5.12. The van der Waals surface area contributed by atoms with Crippen molar-refractivity contribution in [3.63, 3.8) is 0 Å². The molecule has 1 saturated heterocycles. The number of aromatic amines is 1. The fourth-order valence-corrected chi connectivity index (χ4v) is 2.84.